The molecular weight excluding hydrogens is 254 g/mol. The van der Waals surface area contributed by atoms with Crippen LogP contribution in [0, 0.1) is 5.92 Å². The molecule has 1 heterocycles. The molecule has 20 heavy (non-hydrogen) atoms. The Morgan fingerprint density at radius 2 is 2.10 bits per heavy atom. The lowest BCUT2D eigenvalue weighted by molar-refractivity contribution is 0.0781. The molecule has 1 aromatic carbocycles. The fourth-order valence-corrected chi connectivity index (χ4v) is 2.03. The Hall–Kier alpha value is -2.24. The van der Waals surface area contributed by atoms with Crippen LogP contribution in [-0.4, -0.2) is 38.1 Å². The highest BCUT2D eigenvalue weighted by molar-refractivity contribution is 5.93. The van der Waals surface area contributed by atoms with Gasteiger partial charge in [0.2, 0.25) is 0 Å². The zero-order chi connectivity index (χ0) is 13.9. The first-order valence-electron chi connectivity index (χ1n) is 6.79. The van der Waals surface area contributed by atoms with Crippen molar-refractivity contribution in [3.05, 3.63) is 41.7 Å². The van der Waals surface area contributed by atoms with E-state index in [0.717, 1.165) is 6.54 Å². The van der Waals surface area contributed by atoms with Gasteiger partial charge in [-0.3, -0.25) is 4.79 Å². The molecule has 6 nitrogen and oxygen atoms in total. The standard InChI is InChI=1S/C14H17N5O/c1-18(14(20)12-5-3-2-4-6-12)10-13-15-17-19(16-13)9-11-7-8-11/h2-6,11H,7-10H2,1H3. The molecule has 1 aliphatic carbocycles. The van der Waals surface area contributed by atoms with Gasteiger partial charge in [0.15, 0.2) is 5.82 Å². The van der Waals surface area contributed by atoms with Gasteiger partial charge in [0, 0.05) is 12.6 Å². The van der Waals surface area contributed by atoms with E-state index < -0.39 is 0 Å². The predicted molar refractivity (Wildman–Crippen MR) is 72.8 cm³/mol. The second-order valence-electron chi connectivity index (χ2n) is 5.23. The maximum absolute atomic E-state index is 12.2. The molecule has 0 radical (unpaired) electrons. The van der Waals surface area contributed by atoms with Crippen LogP contribution in [0.1, 0.15) is 29.0 Å². The molecule has 0 saturated heterocycles. The van der Waals surface area contributed by atoms with Gasteiger partial charge in [-0.15, -0.1) is 10.2 Å². The van der Waals surface area contributed by atoms with Crippen molar-refractivity contribution in [3.63, 3.8) is 0 Å². The molecule has 1 saturated carbocycles. The summed E-state index contributed by atoms with van der Waals surface area (Å²) in [5.41, 5.74) is 0.667. The summed E-state index contributed by atoms with van der Waals surface area (Å²) in [6, 6.07) is 9.20. The Kier molecular flexibility index (Phi) is 3.45. The molecule has 6 heteroatoms. The van der Waals surface area contributed by atoms with Crippen molar-refractivity contribution < 1.29 is 4.79 Å². The second-order valence-corrected chi connectivity index (χ2v) is 5.23. The van der Waals surface area contributed by atoms with Crippen LogP contribution in [0.25, 0.3) is 0 Å². The van der Waals surface area contributed by atoms with Gasteiger partial charge in [-0.1, -0.05) is 18.2 Å². The summed E-state index contributed by atoms with van der Waals surface area (Å²) in [5.74, 6) is 1.25. The van der Waals surface area contributed by atoms with Crippen LogP contribution in [0.2, 0.25) is 0 Å². The van der Waals surface area contributed by atoms with Gasteiger partial charge in [0.25, 0.3) is 5.91 Å². The summed E-state index contributed by atoms with van der Waals surface area (Å²) >= 11 is 0. The van der Waals surface area contributed by atoms with Crippen LogP contribution in [0.5, 0.6) is 0 Å². The largest absolute Gasteiger partial charge is 0.334 e. The number of carbonyl (C=O) groups excluding carboxylic acids is 1. The highest BCUT2D eigenvalue weighted by Gasteiger charge is 2.23. The monoisotopic (exact) mass is 271 g/mol. The highest BCUT2D eigenvalue weighted by Crippen LogP contribution is 2.29. The summed E-state index contributed by atoms with van der Waals surface area (Å²) in [6.45, 7) is 1.21. The molecule has 104 valence electrons. The number of hydrogen-bond donors (Lipinski definition) is 0. The van der Waals surface area contributed by atoms with E-state index in [1.807, 2.05) is 18.2 Å². The summed E-state index contributed by atoms with van der Waals surface area (Å²) in [5, 5.41) is 12.3. The SMILES string of the molecule is CN(Cc1nnn(CC2CC2)n1)C(=O)c1ccccc1. The lowest BCUT2D eigenvalue weighted by Gasteiger charge is -2.14. The lowest BCUT2D eigenvalue weighted by Crippen LogP contribution is -2.26. The zero-order valence-electron chi connectivity index (χ0n) is 11.4. The molecule has 2 aromatic rings. The molecule has 1 fully saturated rings. The molecule has 0 aliphatic heterocycles. The van der Waals surface area contributed by atoms with Gasteiger partial charge >= 0.3 is 0 Å². The van der Waals surface area contributed by atoms with Crippen LogP contribution >= 0.6 is 0 Å². The maximum Gasteiger partial charge on any atom is 0.254 e. The van der Waals surface area contributed by atoms with E-state index in [1.54, 1.807) is 28.9 Å². The summed E-state index contributed by atoms with van der Waals surface area (Å²) in [7, 11) is 1.75. The van der Waals surface area contributed by atoms with Crippen LogP contribution in [0.4, 0.5) is 0 Å². The smallest absolute Gasteiger partial charge is 0.254 e. The Labute approximate surface area is 117 Å². The van der Waals surface area contributed by atoms with E-state index in [0.29, 0.717) is 23.9 Å². The Morgan fingerprint density at radius 3 is 2.80 bits per heavy atom. The van der Waals surface area contributed by atoms with Crippen molar-refractivity contribution in [1.29, 1.82) is 0 Å². The highest BCUT2D eigenvalue weighted by atomic mass is 16.2. The summed E-state index contributed by atoms with van der Waals surface area (Å²) in [4.78, 5) is 15.4. The first-order valence-corrected chi connectivity index (χ1v) is 6.79. The molecule has 3 rings (SSSR count). The van der Waals surface area contributed by atoms with E-state index in [4.69, 9.17) is 0 Å². The number of aromatic nitrogens is 4. The summed E-state index contributed by atoms with van der Waals surface area (Å²) in [6.07, 6.45) is 2.51. The molecule has 0 spiro atoms. The normalized spacial score (nSPS) is 14.2. The summed E-state index contributed by atoms with van der Waals surface area (Å²) < 4.78 is 0. The third kappa shape index (κ3) is 3.01. The first-order chi connectivity index (χ1) is 9.72. The van der Waals surface area contributed by atoms with E-state index in [-0.39, 0.29) is 5.91 Å². The molecule has 1 amide bonds. The number of rotatable bonds is 5. The lowest BCUT2D eigenvalue weighted by atomic mass is 10.2. The van der Waals surface area contributed by atoms with Crippen LogP contribution < -0.4 is 0 Å². The van der Waals surface area contributed by atoms with Crippen LogP contribution in [0.15, 0.2) is 30.3 Å². The van der Waals surface area contributed by atoms with Gasteiger partial charge in [-0.2, -0.15) is 4.80 Å². The Morgan fingerprint density at radius 1 is 1.35 bits per heavy atom. The number of benzene rings is 1. The minimum absolute atomic E-state index is 0.0378. The van der Waals surface area contributed by atoms with E-state index in [2.05, 4.69) is 15.4 Å². The number of tetrazole rings is 1. The Balaban J connectivity index is 1.61. The molecule has 0 bridgehead atoms. The van der Waals surface area contributed by atoms with E-state index in [1.165, 1.54) is 12.8 Å². The zero-order valence-corrected chi connectivity index (χ0v) is 11.4. The van der Waals surface area contributed by atoms with E-state index in [9.17, 15) is 4.79 Å². The number of carbonyl (C=O) groups is 1. The number of hydrogen-bond acceptors (Lipinski definition) is 4. The van der Waals surface area contributed by atoms with Gasteiger partial charge < -0.3 is 4.90 Å². The van der Waals surface area contributed by atoms with Gasteiger partial charge in [0.1, 0.15) is 0 Å². The first kappa shape index (κ1) is 12.8. The fourth-order valence-electron chi connectivity index (χ4n) is 2.03. The number of nitrogens with zero attached hydrogens (tertiary/aromatic N) is 5. The fraction of sp³-hybridized carbons (Fsp3) is 0.429. The van der Waals surface area contributed by atoms with Crippen molar-refractivity contribution in [2.75, 3.05) is 7.05 Å². The van der Waals surface area contributed by atoms with E-state index >= 15 is 0 Å². The average molecular weight is 271 g/mol. The minimum atomic E-state index is -0.0378. The minimum Gasteiger partial charge on any atom is -0.334 e. The number of amides is 1. The maximum atomic E-state index is 12.2. The van der Waals surface area contributed by atoms with Crippen molar-refractivity contribution in [3.8, 4) is 0 Å². The average Bonchev–Trinajstić information content (AvgIpc) is 3.18. The van der Waals surface area contributed by atoms with Crippen molar-refractivity contribution >= 4 is 5.91 Å². The van der Waals surface area contributed by atoms with Crippen molar-refractivity contribution in [2.24, 2.45) is 5.92 Å². The van der Waals surface area contributed by atoms with Gasteiger partial charge in [-0.05, 0) is 36.1 Å². The van der Waals surface area contributed by atoms with Crippen molar-refractivity contribution in [1.82, 2.24) is 25.1 Å². The second kappa shape index (κ2) is 5.40. The van der Waals surface area contributed by atoms with Crippen LogP contribution in [-0.2, 0) is 13.1 Å². The molecule has 0 atom stereocenters. The van der Waals surface area contributed by atoms with Gasteiger partial charge in [-0.25, -0.2) is 0 Å². The molecular formula is C14H17N5O. The topological polar surface area (TPSA) is 63.9 Å². The quantitative estimate of drug-likeness (QED) is 0.823. The molecule has 1 aromatic heterocycles. The van der Waals surface area contributed by atoms with Crippen molar-refractivity contribution in [2.45, 2.75) is 25.9 Å². The Bertz CT molecular complexity index is 591. The van der Waals surface area contributed by atoms with Crippen LogP contribution in [0.3, 0.4) is 0 Å². The molecule has 1 aliphatic rings. The third-order valence-electron chi connectivity index (χ3n) is 3.36. The molecule has 0 unspecified atom stereocenters. The van der Waals surface area contributed by atoms with Gasteiger partial charge in [0.05, 0.1) is 13.1 Å². The third-order valence-corrected chi connectivity index (χ3v) is 3.36. The predicted octanol–water partition coefficient (Wildman–Crippen LogP) is 1.36. The molecule has 0 N–H and O–H groups in total.